The molecule has 1 fully saturated rings. The Bertz CT molecular complexity index is 966. The normalized spacial score (nSPS) is 14.3. The number of hydrogen-bond donors (Lipinski definition) is 1. The van der Waals surface area contributed by atoms with Crippen LogP contribution in [0.15, 0.2) is 65.4 Å². The summed E-state index contributed by atoms with van der Waals surface area (Å²) >= 11 is 1.68. The molecule has 0 unspecified atom stereocenters. The second-order valence-corrected chi connectivity index (χ2v) is 9.00. The van der Waals surface area contributed by atoms with Crippen LogP contribution in [0.1, 0.15) is 30.4 Å². The Morgan fingerprint density at radius 1 is 1.03 bits per heavy atom. The van der Waals surface area contributed by atoms with Crippen molar-refractivity contribution >= 4 is 17.3 Å². The van der Waals surface area contributed by atoms with Crippen LogP contribution in [-0.4, -0.2) is 35.7 Å². The molecule has 4 nitrogen and oxygen atoms in total. The maximum Gasteiger partial charge on any atom is 0.309 e. The Morgan fingerprint density at radius 2 is 1.87 bits per heavy atom. The molecule has 0 spiro atoms. The standard InChI is InChI=1S/C26H29NO3S/c28-26(29)23-17-27(18-23)16-21-10-11-25(24(15-21)22-12-14-31-19-22)30-13-6-2-5-9-20-7-3-1-4-8-20/h1,3-4,7-8,10-12,14-15,19,23H,2,5-6,9,13,16-18H2,(H,28,29). The van der Waals surface area contributed by atoms with Gasteiger partial charge in [0.05, 0.1) is 12.5 Å². The smallest absolute Gasteiger partial charge is 0.309 e. The van der Waals surface area contributed by atoms with Crippen LogP contribution in [-0.2, 0) is 17.8 Å². The number of thiophene rings is 1. The molecule has 0 amide bonds. The number of nitrogens with zero attached hydrogens (tertiary/aromatic N) is 1. The van der Waals surface area contributed by atoms with E-state index in [2.05, 4.69) is 70.3 Å². The Kier molecular flexibility index (Phi) is 7.39. The van der Waals surface area contributed by atoms with E-state index in [0.717, 1.165) is 43.7 Å². The number of benzene rings is 2. The zero-order chi connectivity index (χ0) is 21.5. The number of carboxylic acids is 1. The molecule has 1 aliphatic heterocycles. The average molecular weight is 436 g/mol. The van der Waals surface area contributed by atoms with E-state index in [-0.39, 0.29) is 5.92 Å². The topological polar surface area (TPSA) is 49.8 Å². The second kappa shape index (κ2) is 10.6. The van der Waals surface area contributed by atoms with E-state index in [4.69, 9.17) is 9.84 Å². The number of rotatable bonds is 11. The number of carboxylic acid groups (broad SMARTS) is 1. The number of hydrogen-bond acceptors (Lipinski definition) is 4. The van der Waals surface area contributed by atoms with E-state index in [0.29, 0.717) is 13.1 Å². The lowest BCUT2D eigenvalue weighted by Crippen LogP contribution is -2.49. The SMILES string of the molecule is O=C(O)C1CN(Cc2ccc(OCCCCCc3ccccc3)c(-c3ccsc3)c2)C1. The molecule has 162 valence electrons. The van der Waals surface area contributed by atoms with Crippen molar-refractivity contribution in [3.8, 4) is 16.9 Å². The van der Waals surface area contributed by atoms with Gasteiger partial charge in [0.25, 0.3) is 0 Å². The first-order chi connectivity index (χ1) is 15.2. The average Bonchev–Trinajstić information content (AvgIpc) is 3.28. The van der Waals surface area contributed by atoms with Crippen LogP contribution in [0.2, 0.25) is 0 Å². The first-order valence-electron chi connectivity index (χ1n) is 11.0. The van der Waals surface area contributed by atoms with Crippen molar-refractivity contribution in [1.29, 1.82) is 0 Å². The van der Waals surface area contributed by atoms with Crippen molar-refractivity contribution in [2.24, 2.45) is 5.92 Å². The van der Waals surface area contributed by atoms with Crippen molar-refractivity contribution in [2.45, 2.75) is 32.2 Å². The first-order valence-corrected chi connectivity index (χ1v) is 11.9. The number of ether oxygens (including phenoxy) is 1. The molecule has 0 atom stereocenters. The molecule has 1 aliphatic rings. The van der Waals surface area contributed by atoms with E-state index >= 15 is 0 Å². The van der Waals surface area contributed by atoms with Gasteiger partial charge in [-0.25, -0.2) is 0 Å². The van der Waals surface area contributed by atoms with Gasteiger partial charge in [-0.3, -0.25) is 9.69 Å². The third kappa shape index (κ3) is 5.96. The lowest BCUT2D eigenvalue weighted by atomic mass is 9.98. The van der Waals surface area contributed by atoms with E-state index in [1.807, 2.05) is 0 Å². The molecule has 1 N–H and O–H groups in total. The Balaban J connectivity index is 1.30. The molecule has 1 aromatic heterocycles. The summed E-state index contributed by atoms with van der Waals surface area (Å²) in [6.45, 7) is 2.76. The minimum absolute atomic E-state index is 0.221. The Labute approximate surface area is 188 Å². The number of carbonyl (C=O) groups is 1. The molecule has 0 aliphatic carbocycles. The van der Waals surface area contributed by atoms with Crippen LogP contribution in [0.5, 0.6) is 5.75 Å². The maximum atomic E-state index is 11.0. The highest BCUT2D eigenvalue weighted by atomic mass is 32.1. The third-order valence-corrected chi connectivity index (χ3v) is 6.48. The summed E-state index contributed by atoms with van der Waals surface area (Å²) in [5, 5.41) is 13.3. The molecule has 2 heterocycles. The molecular formula is C26H29NO3S. The molecule has 5 heteroatoms. The van der Waals surface area contributed by atoms with E-state index < -0.39 is 5.97 Å². The van der Waals surface area contributed by atoms with Gasteiger partial charge in [0, 0.05) is 25.2 Å². The summed E-state index contributed by atoms with van der Waals surface area (Å²) in [6.07, 6.45) is 4.49. The van der Waals surface area contributed by atoms with Crippen molar-refractivity contribution < 1.29 is 14.6 Å². The van der Waals surface area contributed by atoms with Crippen molar-refractivity contribution in [2.75, 3.05) is 19.7 Å². The number of aliphatic carboxylic acids is 1. The summed E-state index contributed by atoms with van der Waals surface area (Å²) in [6, 6.07) is 19.1. The molecule has 0 saturated carbocycles. The minimum atomic E-state index is -0.692. The van der Waals surface area contributed by atoms with Gasteiger partial charge in [-0.05, 0) is 71.3 Å². The highest BCUT2D eigenvalue weighted by Gasteiger charge is 2.32. The first kappa shape index (κ1) is 21.6. The zero-order valence-corrected chi connectivity index (χ0v) is 18.5. The van der Waals surface area contributed by atoms with Crippen molar-refractivity contribution in [1.82, 2.24) is 4.90 Å². The quantitative estimate of drug-likeness (QED) is 0.391. The lowest BCUT2D eigenvalue weighted by molar-refractivity contribution is -0.147. The lowest BCUT2D eigenvalue weighted by Gasteiger charge is -2.36. The maximum absolute atomic E-state index is 11.0. The van der Waals surface area contributed by atoms with Crippen molar-refractivity contribution in [3.05, 3.63) is 76.5 Å². The molecule has 4 rings (SSSR count). The molecule has 3 aromatic rings. The molecular weight excluding hydrogens is 406 g/mol. The third-order valence-electron chi connectivity index (χ3n) is 5.80. The Morgan fingerprint density at radius 3 is 2.61 bits per heavy atom. The minimum Gasteiger partial charge on any atom is -0.493 e. The number of likely N-dealkylation sites (tertiary alicyclic amines) is 1. The highest BCUT2D eigenvalue weighted by Crippen LogP contribution is 2.33. The van der Waals surface area contributed by atoms with Crippen molar-refractivity contribution in [3.63, 3.8) is 0 Å². The predicted octanol–water partition coefficient (Wildman–Crippen LogP) is 5.72. The van der Waals surface area contributed by atoms with Gasteiger partial charge < -0.3 is 9.84 Å². The van der Waals surface area contributed by atoms with Crippen LogP contribution in [0.25, 0.3) is 11.1 Å². The van der Waals surface area contributed by atoms with Gasteiger partial charge in [-0.15, -0.1) is 0 Å². The van der Waals surface area contributed by atoms with Gasteiger partial charge >= 0.3 is 5.97 Å². The summed E-state index contributed by atoms with van der Waals surface area (Å²) in [5.41, 5.74) is 4.90. The predicted molar refractivity (Wildman–Crippen MR) is 126 cm³/mol. The number of aryl methyl sites for hydroxylation is 1. The summed E-state index contributed by atoms with van der Waals surface area (Å²) in [5.74, 6) is 0.0146. The van der Waals surface area contributed by atoms with Gasteiger partial charge in [0.15, 0.2) is 0 Å². The van der Waals surface area contributed by atoms with E-state index in [1.165, 1.54) is 23.1 Å². The van der Waals surface area contributed by atoms with Gasteiger partial charge in [0.2, 0.25) is 0 Å². The van der Waals surface area contributed by atoms with Crippen LogP contribution in [0.4, 0.5) is 0 Å². The molecule has 0 radical (unpaired) electrons. The summed E-state index contributed by atoms with van der Waals surface area (Å²) in [4.78, 5) is 13.2. The van der Waals surface area contributed by atoms with Gasteiger partial charge in [-0.2, -0.15) is 11.3 Å². The van der Waals surface area contributed by atoms with E-state index in [1.54, 1.807) is 11.3 Å². The fourth-order valence-corrected chi connectivity index (χ4v) is 4.65. The van der Waals surface area contributed by atoms with Crippen LogP contribution in [0.3, 0.4) is 0 Å². The Hall–Kier alpha value is -2.63. The molecule has 2 aromatic carbocycles. The zero-order valence-electron chi connectivity index (χ0n) is 17.7. The number of unbranched alkanes of at least 4 members (excludes halogenated alkanes) is 2. The summed E-state index contributed by atoms with van der Waals surface area (Å²) < 4.78 is 6.18. The van der Waals surface area contributed by atoms with E-state index in [9.17, 15) is 4.79 Å². The van der Waals surface area contributed by atoms with Crippen LogP contribution in [0, 0.1) is 5.92 Å². The van der Waals surface area contributed by atoms with Crippen LogP contribution >= 0.6 is 11.3 Å². The fraction of sp³-hybridized carbons (Fsp3) is 0.346. The monoisotopic (exact) mass is 435 g/mol. The highest BCUT2D eigenvalue weighted by molar-refractivity contribution is 7.08. The molecule has 1 saturated heterocycles. The second-order valence-electron chi connectivity index (χ2n) is 8.22. The molecule has 0 bridgehead atoms. The summed E-state index contributed by atoms with van der Waals surface area (Å²) in [7, 11) is 0. The van der Waals surface area contributed by atoms with Gasteiger partial charge in [-0.1, -0.05) is 36.4 Å². The largest absolute Gasteiger partial charge is 0.493 e. The fourth-order valence-electron chi connectivity index (χ4n) is 3.99. The van der Waals surface area contributed by atoms with Gasteiger partial charge in [0.1, 0.15) is 5.75 Å². The van der Waals surface area contributed by atoms with Crippen LogP contribution < -0.4 is 4.74 Å². The molecule has 31 heavy (non-hydrogen) atoms.